The van der Waals surface area contributed by atoms with E-state index in [9.17, 15) is 4.79 Å². The third-order valence-electron chi connectivity index (χ3n) is 2.84. The monoisotopic (exact) mass is 453 g/mol. The van der Waals surface area contributed by atoms with E-state index in [1.807, 2.05) is 48.5 Å². The van der Waals surface area contributed by atoms with Crippen molar-refractivity contribution in [3.63, 3.8) is 0 Å². The predicted molar refractivity (Wildman–Crippen MR) is 93.9 cm³/mol. The maximum absolute atomic E-state index is 11.9. The molecular weight excluding hydrogens is 445 g/mol. The molecule has 1 heterocycles. The molecule has 3 nitrogen and oxygen atoms in total. The van der Waals surface area contributed by atoms with Crippen molar-refractivity contribution in [2.45, 2.75) is 0 Å². The Morgan fingerprint density at radius 3 is 2.71 bits per heavy atom. The molecule has 2 aromatic rings. The summed E-state index contributed by atoms with van der Waals surface area (Å²) in [5.41, 5.74) is 2.00. The van der Waals surface area contributed by atoms with Gasteiger partial charge in [0.15, 0.2) is 5.70 Å². The summed E-state index contributed by atoms with van der Waals surface area (Å²) in [4.78, 5) is 16.2. The van der Waals surface area contributed by atoms with Gasteiger partial charge in [-0.1, -0.05) is 34.1 Å². The van der Waals surface area contributed by atoms with Crippen LogP contribution in [0.1, 0.15) is 11.1 Å². The Hall–Kier alpha value is -1.47. The van der Waals surface area contributed by atoms with Crippen LogP contribution in [0.15, 0.2) is 63.7 Å². The fourth-order valence-electron chi connectivity index (χ4n) is 1.91. The number of benzene rings is 2. The molecule has 0 atom stereocenters. The van der Waals surface area contributed by atoms with Crippen LogP contribution < -0.4 is 0 Å². The lowest BCUT2D eigenvalue weighted by atomic mass is 10.2. The maximum atomic E-state index is 11.9. The smallest absolute Gasteiger partial charge is 0.363 e. The number of carbonyl (C=O) groups is 1. The summed E-state index contributed by atoms with van der Waals surface area (Å²) in [6.45, 7) is 0. The fourth-order valence-corrected chi connectivity index (χ4v) is 2.87. The molecular formula is C16H9BrINO2. The van der Waals surface area contributed by atoms with Crippen molar-refractivity contribution < 1.29 is 9.53 Å². The first-order valence-corrected chi connectivity index (χ1v) is 8.03. The van der Waals surface area contributed by atoms with Crippen molar-refractivity contribution in [3.05, 3.63) is 73.4 Å². The first kappa shape index (κ1) is 14.5. The van der Waals surface area contributed by atoms with E-state index in [0.717, 1.165) is 19.2 Å². The minimum absolute atomic E-state index is 0.312. The van der Waals surface area contributed by atoms with Gasteiger partial charge < -0.3 is 4.74 Å². The summed E-state index contributed by atoms with van der Waals surface area (Å²) >= 11 is 5.62. The van der Waals surface area contributed by atoms with Crippen molar-refractivity contribution in [3.8, 4) is 0 Å². The molecule has 0 saturated heterocycles. The normalized spacial score (nSPS) is 16.0. The van der Waals surface area contributed by atoms with Gasteiger partial charge in [-0.3, -0.25) is 0 Å². The van der Waals surface area contributed by atoms with Crippen LogP contribution in [-0.2, 0) is 9.53 Å². The van der Waals surface area contributed by atoms with Gasteiger partial charge in [0.1, 0.15) is 0 Å². The zero-order valence-electron chi connectivity index (χ0n) is 10.7. The molecule has 0 bridgehead atoms. The van der Waals surface area contributed by atoms with Gasteiger partial charge in [0.05, 0.1) is 0 Å². The lowest BCUT2D eigenvalue weighted by molar-refractivity contribution is -0.129. The Morgan fingerprint density at radius 1 is 1.14 bits per heavy atom. The molecule has 0 amide bonds. The van der Waals surface area contributed by atoms with E-state index < -0.39 is 5.97 Å². The molecule has 0 aliphatic carbocycles. The number of hydrogen-bond donors (Lipinski definition) is 0. The van der Waals surface area contributed by atoms with E-state index in [2.05, 4.69) is 43.5 Å². The Kier molecular flexibility index (Phi) is 4.21. The van der Waals surface area contributed by atoms with Gasteiger partial charge in [0.2, 0.25) is 5.90 Å². The molecule has 0 fully saturated rings. The van der Waals surface area contributed by atoms with Crippen LogP contribution in [0.4, 0.5) is 0 Å². The minimum atomic E-state index is -0.427. The molecule has 5 heteroatoms. The molecule has 0 N–H and O–H groups in total. The molecule has 0 saturated carbocycles. The number of aliphatic imine (C=N–C) groups is 1. The largest absolute Gasteiger partial charge is 0.402 e. The summed E-state index contributed by atoms with van der Waals surface area (Å²) < 4.78 is 7.25. The van der Waals surface area contributed by atoms with Gasteiger partial charge in [0.25, 0.3) is 0 Å². The third-order valence-corrected chi connectivity index (χ3v) is 4.01. The van der Waals surface area contributed by atoms with Crippen LogP contribution in [0, 0.1) is 3.57 Å². The minimum Gasteiger partial charge on any atom is -0.402 e. The highest BCUT2D eigenvalue weighted by Crippen LogP contribution is 2.21. The van der Waals surface area contributed by atoms with Gasteiger partial charge in [0, 0.05) is 13.6 Å². The summed E-state index contributed by atoms with van der Waals surface area (Å²) in [6.07, 6.45) is 1.73. The zero-order valence-corrected chi connectivity index (χ0v) is 14.5. The van der Waals surface area contributed by atoms with Crippen LogP contribution >= 0.6 is 38.5 Å². The van der Waals surface area contributed by atoms with E-state index in [1.54, 1.807) is 6.08 Å². The van der Waals surface area contributed by atoms with Crippen LogP contribution in [0.2, 0.25) is 0 Å². The molecule has 1 aliphatic rings. The van der Waals surface area contributed by atoms with Gasteiger partial charge in [-0.05, 0) is 64.6 Å². The second kappa shape index (κ2) is 6.11. The summed E-state index contributed by atoms with van der Waals surface area (Å²) in [5, 5.41) is 0. The lowest BCUT2D eigenvalue weighted by Gasteiger charge is -1.99. The molecule has 1 aliphatic heterocycles. The summed E-state index contributed by atoms with van der Waals surface area (Å²) in [7, 11) is 0. The second-order valence-electron chi connectivity index (χ2n) is 4.40. The number of ether oxygens (including phenoxy) is 1. The zero-order chi connectivity index (χ0) is 14.8. The lowest BCUT2D eigenvalue weighted by Crippen LogP contribution is -2.05. The highest BCUT2D eigenvalue weighted by molar-refractivity contribution is 14.1. The Bertz CT molecular complexity index is 783. The molecule has 2 aromatic carbocycles. The number of rotatable bonds is 2. The van der Waals surface area contributed by atoms with Gasteiger partial charge in [-0.15, -0.1) is 0 Å². The van der Waals surface area contributed by atoms with E-state index in [-0.39, 0.29) is 0 Å². The molecule has 21 heavy (non-hydrogen) atoms. The van der Waals surface area contributed by atoms with E-state index >= 15 is 0 Å². The predicted octanol–water partition coefficient (Wildman–Crippen LogP) is 4.40. The van der Waals surface area contributed by atoms with Gasteiger partial charge in [-0.2, -0.15) is 0 Å². The quantitative estimate of drug-likeness (QED) is 0.384. The number of halogens is 2. The van der Waals surface area contributed by atoms with E-state index in [0.29, 0.717) is 11.6 Å². The molecule has 3 rings (SSSR count). The van der Waals surface area contributed by atoms with Gasteiger partial charge in [-0.25, -0.2) is 9.79 Å². The summed E-state index contributed by atoms with van der Waals surface area (Å²) in [5.74, 6) is -0.0954. The number of carbonyl (C=O) groups excluding carboxylic acids is 1. The SMILES string of the molecule is O=C1OC(c2cccc(Br)c2)=NC1=Cc1cccc(I)c1. The fraction of sp³-hybridized carbons (Fsp3) is 0. The number of nitrogens with zero attached hydrogens (tertiary/aromatic N) is 1. The molecule has 0 spiro atoms. The average Bonchev–Trinajstić information content (AvgIpc) is 2.80. The second-order valence-corrected chi connectivity index (χ2v) is 6.56. The molecule has 104 valence electrons. The van der Waals surface area contributed by atoms with Crippen molar-refractivity contribution in [2.75, 3.05) is 0 Å². The van der Waals surface area contributed by atoms with Crippen LogP contribution in [0.25, 0.3) is 6.08 Å². The Labute approximate surface area is 144 Å². The molecule has 0 aromatic heterocycles. The number of esters is 1. The highest BCUT2D eigenvalue weighted by atomic mass is 127. The Morgan fingerprint density at radius 2 is 1.95 bits per heavy atom. The first-order chi connectivity index (χ1) is 10.1. The van der Waals surface area contributed by atoms with Crippen molar-refractivity contribution in [2.24, 2.45) is 4.99 Å². The van der Waals surface area contributed by atoms with Crippen molar-refractivity contribution in [1.82, 2.24) is 0 Å². The molecule has 0 radical (unpaired) electrons. The highest BCUT2D eigenvalue weighted by Gasteiger charge is 2.24. The van der Waals surface area contributed by atoms with Crippen LogP contribution in [0.5, 0.6) is 0 Å². The van der Waals surface area contributed by atoms with Crippen LogP contribution in [0.3, 0.4) is 0 Å². The van der Waals surface area contributed by atoms with Crippen molar-refractivity contribution >= 4 is 56.5 Å². The van der Waals surface area contributed by atoms with E-state index in [4.69, 9.17) is 4.74 Å². The standard InChI is InChI=1S/C16H9BrINO2/c17-12-5-2-4-11(9-12)15-19-14(16(20)21-15)8-10-3-1-6-13(18)7-10/h1-9H. The summed E-state index contributed by atoms with van der Waals surface area (Å²) in [6, 6.07) is 15.3. The molecule has 0 unspecified atom stereocenters. The average molecular weight is 454 g/mol. The third kappa shape index (κ3) is 3.41. The van der Waals surface area contributed by atoms with E-state index in [1.165, 1.54) is 0 Å². The number of hydrogen-bond acceptors (Lipinski definition) is 3. The van der Waals surface area contributed by atoms with Crippen LogP contribution in [-0.4, -0.2) is 11.9 Å². The first-order valence-electron chi connectivity index (χ1n) is 6.16. The topological polar surface area (TPSA) is 38.7 Å². The maximum Gasteiger partial charge on any atom is 0.363 e. The number of cyclic esters (lactones) is 1. The van der Waals surface area contributed by atoms with Gasteiger partial charge >= 0.3 is 5.97 Å². The Balaban J connectivity index is 1.95. The van der Waals surface area contributed by atoms with Crippen molar-refractivity contribution in [1.29, 1.82) is 0 Å².